The molecule has 11 nitrogen and oxygen atoms in total. The van der Waals surface area contributed by atoms with E-state index in [1.54, 1.807) is 6.07 Å². The molecular formula is C12H17N7O4S. The van der Waals surface area contributed by atoms with Crippen molar-refractivity contribution in [1.29, 1.82) is 0 Å². The van der Waals surface area contributed by atoms with Crippen LogP contribution in [-0.2, 0) is 17.1 Å². The zero-order valence-electron chi connectivity index (χ0n) is 12.8. The molecule has 0 saturated carbocycles. The highest BCUT2D eigenvalue weighted by atomic mass is 32.2. The summed E-state index contributed by atoms with van der Waals surface area (Å²) in [6.07, 6.45) is 0.427. The number of carbonyl (C=O) groups excluding carboxylic acids is 1. The molecule has 0 aliphatic heterocycles. The Morgan fingerprint density at radius 3 is 2.83 bits per heavy atom. The number of sulfonamides is 1. The second kappa shape index (κ2) is 7.70. The van der Waals surface area contributed by atoms with Gasteiger partial charge in [-0.15, -0.1) is 5.10 Å². The van der Waals surface area contributed by atoms with Crippen molar-refractivity contribution in [3.05, 3.63) is 24.3 Å². The van der Waals surface area contributed by atoms with Gasteiger partial charge in [0.25, 0.3) is 16.0 Å². The second-order valence-corrected chi connectivity index (χ2v) is 6.38. The van der Waals surface area contributed by atoms with Gasteiger partial charge in [-0.05, 0) is 29.8 Å². The minimum Gasteiger partial charge on any atom is -0.396 e. The molecule has 0 saturated heterocycles. The molecule has 12 heteroatoms. The Bertz CT molecular complexity index is 805. The lowest BCUT2D eigenvalue weighted by atomic mass is 10.3. The molecule has 2 amide bonds. The van der Waals surface area contributed by atoms with Gasteiger partial charge < -0.3 is 15.7 Å². The number of amides is 2. The Morgan fingerprint density at radius 1 is 1.38 bits per heavy atom. The number of anilines is 2. The smallest absolute Gasteiger partial charge is 0.319 e. The summed E-state index contributed by atoms with van der Waals surface area (Å²) in [5, 5.41) is 24.5. The second-order valence-electron chi connectivity index (χ2n) is 4.69. The molecule has 0 spiro atoms. The molecule has 24 heavy (non-hydrogen) atoms. The first-order chi connectivity index (χ1) is 11.4. The fourth-order valence-electron chi connectivity index (χ4n) is 1.70. The van der Waals surface area contributed by atoms with E-state index in [0.29, 0.717) is 18.7 Å². The van der Waals surface area contributed by atoms with E-state index in [2.05, 4.69) is 30.8 Å². The highest BCUT2D eigenvalue weighted by Gasteiger charge is 2.17. The predicted octanol–water partition coefficient (Wildman–Crippen LogP) is -0.485. The van der Waals surface area contributed by atoms with E-state index >= 15 is 0 Å². The molecule has 1 heterocycles. The molecule has 0 fully saturated rings. The molecule has 4 N–H and O–H groups in total. The van der Waals surface area contributed by atoms with E-state index in [-0.39, 0.29) is 17.5 Å². The number of carbonyl (C=O) groups is 1. The number of urea groups is 1. The number of hydrogen-bond donors (Lipinski definition) is 4. The summed E-state index contributed by atoms with van der Waals surface area (Å²) in [5.41, 5.74) is 0.298. The van der Waals surface area contributed by atoms with Crippen LogP contribution in [0.1, 0.15) is 6.42 Å². The summed E-state index contributed by atoms with van der Waals surface area (Å²) in [4.78, 5) is 12.7. The van der Waals surface area contributed by atoms with Gasteiger partial charge >= 0.3 is 6.03 Å². The van der Waals surface area contributed by atoms with Gasteiger partial charge in [0.1, 0.15) is 0 Å². The van der Waals surface area contributed by atoms with Crippen LogP contribution in [0.4, 0.5) is 16.4 Å². The summed E-state index contributed by atoms with van der Waals surface area (Å²) in [6, 6.07) is 5.20. The zero-order valence-corrected chi connectivity index (χ0v) is 13.6. The van der Waals surface area contributed by atoms with E-state index in [1.807, 2.05) is 0 Å². The Morgan fingerprint density at radius 2 is 2.17 bits per heavy atom. The van der Waals surface area contributed by atoms with Gasteiger partial charge in [0.05, 0.1) is 11.9 Å². The summed E-state index contributed by atoms with van der Waals surface area (Å²) < 4.78 is 26.7. The molecule has 0 atom stereocenters. The predicted molar refractivity (Wildman–Crippen MR) is 84.8 cm³/mol. The van der Waals surface area contributed by atoms with Gasteiger partial charge in [-0.1, -0.05) is 11.2 Å². The molecule has 1 aromatic carbocycles. The minimum atomic E-state index is -3.91. The molecule has 0 aliphatic rings. The van der Waals surface area contributed by atoms with E-state index in [4.69, 9.17) is 5.11 Å². The molecule has 0 radical (unpaired) electrons. The van der Waals surface area contributed by atoms with Crippen molar-refractivity contribution in [2.24, 2.45) is 7.05 Å². The lowest BCUT2D eigenvalue weighted by Gasteiger charge is -2.09. The van der Waals surface area contributed by atoms with Crippen LogP contribution >= 0.6 is 0 Å². The molecule has 0 aliphatic carbocycles. The normalized spacial score (nSPS) is 11.1. The van der Waals surface area contributed by atoms with Crippen LogP contribution in [0.5, 0.6) is 0 Å². The van der Waals surface area contributed by atoms with Crippen molar-refractivity contribution in [3.8, 4) is 0 Å². The van der Waals surface area contributed by atoms with Crippen LogP contribution in [0.15, 0.2) is 29.2 Å². The van der Waals surface area contributed by atoms with Crippen LogP contribution in [-0.4, -0.2) is 52.9 Å². The number of aliphatic hydroxyl groups is 1. The quantitative estimate of drug-likeness (QED) is 0.489. The molecule has 0 unspecified atom stereocenters. The van der Waals surface area contributed by atoms with E-state index in [9.17, 15) is 13.2 Å². The number of nitrogens with zero attached hydrogens (tertiary/aromatic N) is 4. The average molecular weight is 355 g/mol. The Balaban J connectivity index is 2.07. The molecule has 2 rings (SSSR count). The first-order valence-corrected chi connectivity index (χ1v) is 8.41. The van der Waals surface area contributed by atoms with Crippen molar-refractivity contribution in [1.82, 2.24) is 25.5 Å². The van der Waals surface area contributed by atoms with Crippen LogP contribution in [0.3, 0.4) is 0 Å². The van der Waals surface area contributed by atoms with Gasteiger partial charge in [-0.3, -0.25) is 0 Å². The summed E-state index contributed by atoms with van der Waals surface area (Å²) in [6.45, 7) is 0.274. The maximum absolute atomic E-state index is 12.3. The number of benzene rings is 1. The van der Waals surface area contributed by atoms with E-state index in [0.717, 1.165) is 4.80 Å². The van der Waals surface area contributed by atoms with Crippen LogP contribution in [0, 0.1) is 0 Å². The van der Waals surface area contributed by atoms with Crippen LogP contribution in [0.2, 0.25) is 0 Å². The highest BCUT2D eigenvalue weighted by Crippen LogP contribution is 2.17. The lowest BCUT2D eigenvalue weighted by Crippen LogP contribution is -2.30. The standard InChI is InChI=1S/C12H17N7O4S/c1-19-16-11(15-18-19)17-24(22,23)10-5-2-4-9(8-10)14-12(21)13-6-3-7-20/h2,4-5,8,20H,3,6-7H2,1H3,(H,16,17)(H2,13,14,21). The Kier molecular flexibility index (Phi) is 5.65. The first-order valence-electron chi connectivity index (χ1n) is 6.93. The summed E-state index contributed by atoms with van der Waals surface area (Å²) in [5.74, 6) is -0.155. The molecular weight excluding hydrogens is 338 g/mol. The number of hydrogen-bond acceptors (Lipinski definition) is 7. The average Bonchev–Trinajstić information content (AvgIpc) is 2.92. The highest BCUT2D eigenvalue weighted by molar-refractivity contribution is 7.92. The largest absolute Gasteiger partial charge is 0.396 e. The SMILES string of the molecule is Cn1nnc(NS(=O)(=O)c2cccc(NC(=O)NCCCO)c2)n1. The first kappa shape index (κ1) is 17.6. The third kappa shape index (κ3) is 4.89. The van der Waals surface area contributed by atoms with Gasteiger partial charge in [0.15, 0.2) is 0 Å². The van der Waals surface area contributed by atoms with Crippen LogP contribution < -0.4 is 15.4 Å². The van der Waals surface area contributed by atoms with Gasteiger partial charge in [0.2, 0.25) is 0 Å². The lowest BCUT2D eigenvalue weighted by molar-refractivity contribution is 0.249. The number of aromatic nitrogens is 4. The van der Waals surface area contributed by atoms with Crippen molar-refractivity contribution in [2.45, 2.75) is 11.3 Å². The molecule has 130 valence electrons. The van der Waals surface area contributed by atoms with Crippen molar-refractivity contribution < 1.29 is 18.3 Å². The summed E-state index contributed by atoms with van der Waals surface area (Å²) >= 11 is 0. The Labute approximate surface area is 138 Å². The van der Waals surface area contributed by atoms with Crippen molar-refractivity contribution in [2.75, 3.05) is 23.2 Å². The number of nitrogens with one attached hydrogen (secondary N) is 3. The molecule has 0 bridgehead atoms. The third-order valence-electron chi connectivity index (χ3n) is 2.76. The zero-order chi connectivity index (χ0) is 17.6. The van der Waals surface area contributed by atoms with Gasteiger partial charge in [0, 0.05) is 18.8 Å². The third-order valence-corrected chi connectivity index (χ3v) is 4.08. The maximum Gasteiger partial charge on any atom is 0.319 e. The molecule has 1 aromatic heterocycles. The van der Waals surface area contributed by atoms with Crippen molar-refractivity contribution in [3.63, 3.8) is 0 Å². The topological polar surface area (TPSA) is 151 Å². The fraction of sp³-hybridized carbons (Fsp3) is 0.333. The van der Waals surface area contributed by atoms with E-state index in [1.165, 1.54) is 25.2 Å². The summed E-state index contributed by atoms with van der Waals surface area (Å²) in [7, 11) is -2.41. The minimum absolute atomic E-state index is 0.0317. The van der Waals surface area contributed by atoms with Crippen LogP contribution in [0.25, 0.3) is 0 Å². The van der Waals surface area contributed by atoms with Gasteiger partial charge in [-0.2, -0.15) is 4.80 Å². The number of aliphatic hydroxyl groups excluding tert-OH is 1. The van der Waals surface area contributed by atoms with Gasteiger partial charge in [-0.25, -0.2) is 17.9 Å². The number of rotatable bonds is 7. The molecule has 2 aromatic rings. The monoisotopic (exact) mass is 355 g/mol. The number of aryl methyl sites for hydroxylation is 1. The van der Waals surface area contributed by atoms with E-state index < -0.39 is 16.1 Å². The fourth-order valence-corrected chi connectivity index (χ4v) is 2.68. The Hall–Kier alpha value is -2.73. The maximum atomic E-state index is 12.3. The van der Waals surface area contributed by atoms with Crippen molar-refractivity contribution >= 4 is 27.7 Å². The number of tetrazole rings is 1.